The molecular weight excluding hydrogens is 449 g/mol. The van der Waals surface area contributed by atoms with Crippen molar-refractivity contribution < 1.29 is 13.7 Å². The van der Waals surface area contributed by atoms with Crippen LogP contribution in [0.4, 0.5) is 4.39 Å². The third-order valence-corrected chi connectivity index (χ3v) is 6.50. The number of likely N-dealkylation sites (tertiary alicyclic amines) is 1. The van der Waals surface area contributed by atoms with Crippen LogP contribution in [0.3, 0.4) is 0 Å². The Morgan fingerprint density at radius 2 is 2.03 bits per heavy atom. The van der Waals surface area contributed by atoms with Gasteiger partial charge in [0.05, 0.1) is 5.92 Å². The number of rotatable bonds is 4. The lowest BCUT2D eigenvalue weighted by atomic mass is 9.97. The van der Waals surface area contributed by atoms with Crippen LogP contribution in [0, 0.1) is 11.7 Å². The summed E-state index contributed by atoms with van der Waals surface area (Å²) in [6.07, 6.45) is 2.74. The largest absolute Gasteiger partial charge is 0.342 e. The van der Waals surface area contributed by atoms with Gasteiger partial charge in [0.25, 0.3) is 0 Å². The first-order valence-corrected chi connectivity index (χ1v) is 11.0. The van der Waals surface area contributed by atoms with E-state index in [1.807, 2.05) is 17.0 Å². The zero-order valence-electron chi connectivity index (χ0n) is 16.3. The summed E-state index contributed by atoms with van der Waals surface area (Å²) in [4.78, 5) is 19.6. The molecule has 154 valence electrons. The highest BCUT2D eigenvalue weighted by Gasteiger charge is 2.46. The van der Waals surface area contributed by atoms with Crippen molar-refractivity contribution in [2.45, 2.75) is 31.1 Å². The normalized spacial score (nSPS) is 23.4. The molecule has 0 N–H and O–H groups in total. The first-order valence-electron chi connectivity index (χ1n) is 10.2. The fourth-order valence-electron chi connectivity index (χ4n) is 4.30. The summed E-state index contributed by atoms with van der Waals surface area (Å²) in [5.41, 5.74) is 1.93. The maximum absolute atomic E-state index is 13.1. The van der Waals surface area contributed by atoms with Crippen LogP contribution in [-0.4, -0.2) is 34.0 Å². The quantitative estimate of drug-likeness (QED) is 0.530. The van der Waals surface area contributed by atoms with Crippen molar-refractivity contribution in [2.24, 2.45) is 5.92 Å². The molecule has 2 heterocycles. The molecule has 3 aromatic rings. The topological polar surface area (TPSA) is 59.2 Å². The van der Waals surface area contributed by atoms with Crippen molar-refractivity contribution in [1.29, 1.82) is 0 Å². The molecule has 1 aliphatic carbocycles. The highest BCUT2D eigenvalue weighted by atomic mass is 79.9. The highest BCUT2D eigenvalue weighted by molar-refractivity contribution is 9.10. The third-order valence-electron chi connectivity index (χ3n) is 6.01. The van der Waals surface area contributed by atoms with Crippen LogP contribution in [-0.2, 0) is 4.79 Å². The molecule has 1 saturated carbocycles. The van der Waals surface area contributed by atoms with E-state index in [1.165, 1.54) is 17.7 Å². The third kappa shape index (κ3) is 3.90. The predicted molar refractivity (Wildman–Crippen MR) is 113 cm³/mol. The summed E-state index contributed by atoms with van der Waals surface area (Å²) in [6, 6.07) is 14.2. The Bertz CT molecular complexity index is 1070. The number of piperidine rings is 1. The number of benzene rings is 2. The zero-order valence-corrected chi connectivity index (χ0v) is 17.9. The standard InChI is InChI=1S/C23H21BrFN3O2/c24-17-5-1-3-15(11-17)19-12-20(19)23(29)28-10-2-4-16(13-28)22-26-21(27-30-22)14-6-8-18(25)9-7-14/h1,3,5-9,11,16,19-20H,2,4,10,12-13H2/t16-,19+,20+/m0/s1. The molecule has 1 aromatic heterocycles. The van der Waals surface area contributed by atoms with Gasteiger partial charge in [0.2, 0.25) is 17.6 Å². The Hall–Kier alpha value is -2.54. The molecule has 2 aliphatic rings. The summed E-state index contributed by atoms with van der Waals surface area (Å²) < 4.78 is 19.7. The van der Waals surface area contributed by atoms with E-state index in [-0.39, 0.29) is 23.6 Å². The van der Waals surface area contributed by atoms with Crippen LogP contribution in [0.15, 0.2) is 57.5 Å². The molecule has 2 fully saturated rings. The first kappa shape index (κ1) is 19.4. The van der Waals surface area contributed by atoms with Gasteiger partial charge in [0.1, 0.15) is 5.82 Å². The van der Waals surface area contributed by atoms with Crippen LogP contribution in [0.1, 0.15) is 42.6 Å². The number of carbonyl (C=O) groups excluding carboxylic acids is 1. The van der Waals surface area contributed by atoms with E-state index < -0.39 is 0 Å². The summed E-state index contributed by atoms with van der Waals surface area (Å²) in [5, 5.41) is 4.05. The summed E-state index contributed by atoms with van der Waals surface area (Å²) in [5.74, 6) is 1.33. The maximum Gasteiger partial charge on any atom is 0.231 e. The number of hydrogen-bond donors (Lipinski definition) is 0. The number of amides is 1. The molecule has 0 radical (unpaired) electrons. The lowest BCUT2D eigenvalue weighted by Gasteiger charge is -2.31. The molecule has 1 amide bonds. The molecule has 0 unspecified atom stereocenters. The van der Waals surface area contributed by atoms with Gasteiger partial charge in [0.15, 0.2) is 0 Å². The van der Waals surface area contributed by atoms with E-state index in [4.69, 9.17) is 4.52 Å². The van der Waals surface area contributed by atoms with E-state index >= 15 is 0 Å². The van der Waals surface area contributed by atoms with Gasteiger partial charge in [-0.15, -0.1) is 0 Å². The minimum Gasteiger partial charge on any atom is -0.342 e. The second kappa shape index (κ2) is 7.95. The van der Waals surface area contributed by atoms with Crippen molar-refractivity contribution in [1.82, 2.24) is 15.0 Å². The molecule has 7 heteroatoms. The van der Waals surface area contributed by atoms with E-state index in [9.17, 15) is 9.18 Å². The zero-order chi connectivity index (χ0) is 20.7. The minimum absolute atomic E-state index is 0.0347. The molecule has 3 atom stereocenters. The molecular formula is C23H21BrFN3O2. The van der Waals surface area contributed by atoms with Crippen molar-refractivity contribution in [3.63, 3.8) is 0 Å². The van der Waals surface area contributed by atoms with Gasteiger partial charge in [-0.2, -0.15) is 4.98 Å². The van der Waals surface area contributed by atoms with Crippen molar-refractivity contribution in [2.75, 3.05) is 13.1 Å². The van der Waals surface area contributed by atoms with Gasteiger partial charge in [0, 0.05) is 29.0 Å². The van der Waals surface area contributed by atoms with Gasteiger partial charge in [-0.25, -0.2) is 4.39 Å². The van der Waals surface area contributed by atoms with Crippen LogP contribution in [0.25, 0.3) is 11.4 Å². The van der Waals surface area contributed by atoms with Crippen LogP contribution >= 0.6 is 15.9 Å². The van der Waals surface area contributed by atoms with E-state index in [1.54, 1.807) is 12.1 Å². The van der Waals surface area contributed by atoms with Gasteiger partial charge in [-0.05, 0) is 67.1 Å². The SMILES string of the molecule is O=C([C@@H]1C[C@@H]1c1cccc(Br)c1)N1CCC[C@H](c2nc(-c3ccc(F)cc3)no2)C1. The van der Waals surface area contributed by atoms with E-state index in [0.717, 1.165) is 30.3 Å². The first-order chi connectivity index (χ1) is 14.6. The molecule has 1 saturated heterocycles. The van der Waals surface area contributed by atoms with Gasteiger partial charge in [-0.3, -0.25) is 4.79 Å². The summed E-state index contributed by atoms with van der Waals surface area (Å²) in [6.45, 7) is 1.38. The lowest BCUT2D eigenvalue weighted by Crippen LogP contribution is -2.40. The molecule has 0 bridgehead atoms. The smallest absolute Gasteiger partial charge is 0.231 e. The Morgan fingerprint density at radius 3 is 2.83 bits per heavy atom. The second-order valence-corrected chi connectivity index (χ2v) is 9.01. The number of hydrogen-bond acceptors (Lipinski definition) is 4. The van der Waals surface area contributed by atoms with Gasteiger partial charge < -0.3 is 9.42 Å². The second-order valence-electron chi connectivity index (χ2n) is 8.09. The van der Waals surface area contributed by atoms with E-state index in [2.05, 4.69) is 38.2 Å². The van der Waals surface area contributed by atoms with Crippen molar-refractivity contribution in [3.05, 3.63) is 70.3 Å². The average Bonchev–Trinajstić information content (AvgIpc) is 3.42. The van der Waals surface area contributed by atoms with Crippen LogP contribution < -0.4 is 0 Å². The van der Waals surface area contributed by atoms with Crippen LogP contribution in [0.2, 0.25) is 0 Å². The summed E-state index contributed by atoms with van der Waals surface area (Å²) >= 11 is 3.51. The predicted octanol–water partition coefficient (Wildman–Crippen LogP) is 5.15. The average molecular weight is 470 g/mol. The Labute approximate surface area is 182 Å². The molecule has 30 heavy (non-hydrogen) atoms. The monoisotopic (exact) mass is 469 g/mol. The summed E-state index contributed by atoms with van der Waals surface area (Å²) in [7, 11) is 0. The Kier molecular flexibility index (Phi) is 5.15. The number of halogens is 2. The Morgan fingerprint density at radius 1 is 1.20 bits per heavy atom. The van der Waals surface area contributed by atoms with Gasteiger partial charge >= 0.3 is 0 Å². The molecule has 1 aliphatic heterocycles. The highest BCUT2D eigenvalue weighted by Crippen LogP contribution is 2.49. The molecule has 5 nitrogen and oxygen atoms in total. The van der Waals surface area contributed by atoms with Crippen molar-refractivity contribution in [3.8, 4) is 11.4 Å². The molecule has 0 spiro atoms. The minimum atomic E-state index is -0.301. The van der Waals surface area contributed by atoms with Crippen molar-refractivity contribution >= 4 is 21.8 Å². The fourth-order valence-corrected chi connectivity index (χ4v) is 4.72. The van der Waals surface area contributed by atoms with Gasteiger partial charge in [-0.1, -0.05) is 33.2 Å². The molecule has 5 rings (SSSR count). The number of carbonyl (C=O) groups is 1. The fraction of sp³-hybridized carbons (Fsp3) is 0.348. The van der Waals surface area contributed by atoms with E-state index in [0.29, 0.717) is 29.7 Å². The van der Waals surface area contributed by atoms with Crippen LogP contribution in [0.5, 0.6) is 0 Å². The number of nitrogens with zero attached hydrogens (tertiary/aromatic N) is 3. The Balaban J connectivity index is 1.25. The maximum atomic E-state index is 13.1. The lowest BCUT2D eigenvalue weighted by molar-refractivity contribution is -0.134. The number of aromatic nitrogens is 2. The molecule has 2 aromatic carbocycles.